The van der Waals surface area contributed by atoms with Crippen molar-refractivity contribution in [1.82, 2.24) is 0 Å². The minimum Gasteiger partial charge on any atom is -0.480 e. The summed E-state index contributed by atoms with van der Waals surface area (Å²) in [6, 6.07) is 4.34. The summed E-state index contributed by atoms with van der Waals surface area (Å²) in [4.78, 5) is 21.0. The number of hydrogen-bond donors (Lipinski definition) is 2. The van der Waals surface area contributed by atoms with Crippen molar-refractivity contribution in [1.29, 1.82) is 0 Å². The first-order chi connectivity index (χ1) is 7.42. The molecule has 0 fully saturated rings. The Labute approximate surface area is 90.8 Å². The van der Waals surface area contributed by atoms with Gasteiger partial charge in [0.1, 0.15) is 5.54 Å². The lowest BCUT2D eigenvalue weighted by atomic mass is 9.98. The molecule has 1 aromatic rings. The summed E-state index contributed by atoms with van der Waals surface area (Å²) in [5, 5.41) is 19.5. The standard InChI is InChI=1S/C10H10N2O4/c11-10(9(13)14)4-6-1-2-8(12(15)16)3-7(6)5-10/h1-3H,4-5,11H2,(H,13,14). The van der Waals surface area contributed by atoms with Crippen LogP contribution < -0.4 is 5.73 Å². The van der Waals surface area contributed by atoms with E-state index in [0.717, 1.165) is 5.56 Å². The normalized spacial score (nSPS) is 22.8. The number of carboxylic acids is 1. The predicted octanol–water partition coefficient (Wildman–Crippen LogP) is 0.475. The number of nitrogens with zero attached hydrogens (tertiary/aromatic N) is 1. The van der Waals surface area contributed by atoms with Crippen molar-refractivity contribution in [3.8, 4) is 0 Å². The Balaban J connectivity index is 2.38. The van der Waals surface area contributed by atoms with Gasteiger partial charge in [-0.15, -0.1) is 0 Å². The van der Waals surface area contributed by atoms with Crippen LogP contribution in [-0.2, 0) is 17.6 Å². The molecule has 0 saturated carbocycles. The number of hydrogen-bond acceptors (Lipinski definition) is 4. The number of fused-ring (bicyclic) bond motifs is 1. The lowest BCUT2D eigenvalue weighted by Gasteiger charge is -2.16. The van der Waals surface area contributed by atoms with Crippen LogP contribution in [0.3, 0.4) is 0 Å². The van der Waals surface area contributed by atoms with Gasteiger partial charge in [-0.1, -0.05) is 6.07 Å². The molecule has 0 radical (unpaired) electrons. The summed E-state index contributed by atoms with van der Waals surface area (Å²) < 4.78 is 0. The zero-order valence-corrected chi connectivity index (χ0v) is 8.34. The Kier molecular flexibility index (Phi) is 2.16. The highest BCUT2D eigenvalue weighted by Gasteiger charge is 2.40. The minimum atomic E-state index is -1.32. The molecule has 1 unspecified atom stereocenters. The van der Waals surface area contributed by atoms with E-state index >= 15 is 0 Å². The van der Waals surface area contributed by atoms with E-state index < -0.39 is 16.4 Å². The van der Waals surface area contributed by atoms with Crippen molar-refractivity contribution in [2.45, 2.75) is 18.4 Å². The second-order valence-electron chi connectivity index (χ2n) is 4.02. The third kappa shape index (κ3) is 1.53. The van der Waals surface area contributed by atoms with E-state index in [1.54, 1.807) is 6.07 Å². The molecule has 3 N–H and O–H groups in total. The molecule has 0 heterocycles. The van der Waals surface area contributed by atoms with E-state index in [1.807, 2.05) is 0 Å². The fourth-order valence-corrected chi connectivity index (χ4v) is 1.96. The van der Waals surface area contributed by atoms with Crippen molar-refractivity contribution in [2.24, 2.45) is 5.73 Å². The van der Waals surface area contributed by atoms with E-state index in [-0.39, 0.29) is 18.5 Å². The van der Waals surface area contributed by atoms with E-state index in [4.69, 9.17) is 10.8 Å². The van der Waals surface area contributed by atoms with Gasteiger partial charge >= 0.3 is 5.97 Å². The van der Waals surface area contributed by atoms with Crippen molar-refractivity contribution < 1.29 is 14.8 Å². The maximum absolute atomic E-state index is 11.0. The summed E-state index contributed by atoms with van der Waals surface area (Å²) in [6.07, 6.45) is 0.356. The number of nitrogens with two attached hydrogens (primary N) is 1. The number of benzene rings is 1. The lowest BCUT2D eigenvalue weighted by molar-refractivity contribution is -0.384. The topological polar surface area (TPSA) is 106 Å². The largest absolute Gasteiger partial charge is 0.480 e. The van der Waals surface area contributed by atoms with Crippen LogP contribution in [0.4, 0.5) is 5.69 Å². The number of aliphatic carboxylic acids is 1. The third-order valence-electron chi connectivity index (χ3n) is 2.84. The smallest absolute Gasteiger partial charge is 0.324 e. The molecule has 6 heteroatoms. The Bertz CT molecular complexity index is 486. The van der Waals surface area contributed by atoms with Gasteiger partial charge in [-0.3, -0.25) is 14.9 Å². The lowest BCUT2D eigenvalue weighted by Crippen LogP contribution is -2.48. The number of nitro groups is 1. The molecule has 84 valence electrons. The molecule has 1 aliphatic rings. The number of nitro benzene ring substituents is 1. The molecule has 2 rings (SSSR count). The summed E-state index contributed by atoms with van der Waals surface area (Å²) in [6.45, 7) is 0. The maximum Gasteiger partial charge on any atom is 0.324 e. The molecule has 0 aromatic heterocycles. The fraction of sp³-hybridized carbons (Fsp3) is 0.300. The molecule has 0 amide bonds. The molecule has 1 aromatic carbocycles. The number of non-ortho nitro benzene ring substituents is 1. The van der Waals surface area contributed by atoms with Crippen molar-refractivity contribution >= 4 is 11.7 Å². The van der Waals surface area contributed by atoms with E-state index in [0.29, 0.717) is 5.56 Å². The molecule has 1 aliphatic carbocycles. The van der Waals surface area contributed by atoms with Crippen LogP contribution in [0, 0.1) is 10.1 Å². The molecule has 0 aliphatic heterocycles. The van der Waals surface area contributed by atoms with Crippen molar-refractivity contribution in [3.63, 3.8) is 0 Å². The van der Waals surface area contributed by atoms with Gasteiger partial charge < -0.3 is 10.8 Å². The minimum absolute atomic E-state index is 0.0339. The Morgan fingerprint density at radius 3 is 2.62 bits per heavy atom. The second kappa shape index (κ2) is 3.28. The Morgan fingerprint density at radius 1 is 1.44 bits per heavy atom. The number of carbonyl (C=O) groups is 1. The summed E-state index contributed by atoms with van der Waals surface area (Å²) in [5.74, 6) is -1.08. The van der Waals surface area contributed by atoms with Gasteiger partial charge in [0.25, 0.3) is 5.69 Å². The molecule has 0 spiro atoms. The van der Waals surface area contributed by atoms with E-state index in [2.05, 4.69) is 0 Å². The Hall–Kier alpha value is -1.95. The zero-order valence-electron chi connectivity index (χ0n) is 8.34. The van der Waals surface area contributed by atoms with Gasteiger partial charge in [-0.25, -0.2) is 0 Å². The highest BCUT2D eigenvalue weighted by Crippen LogP contribution is 2.31. The van der Waals surface area contributed by atoms with Crippen LogP contribution in [0.2, 0.25) is 0 Å². The second-order valence-corrected chi connectivity index (χ2v) is 4.02. The third-order valence-corrected chi connectivity index (χ3v) is 2.84. The van der Waals surface area contributed by atoms with Crippen molar-refractivity contribution in [2.75, 3.05) is 0 Å². The first-order valence-electron chi connectivity index (χ1n) is 4.71. The zero-order chi connectivity index (χ0) is 11.9. The van der Waals surface area contributed by atoms with Crippen LogP contribution in [-0.4, -0.2) is 21.5 Å². The highest BCUT2D eigenvalue weighted by atomic mass is 16.6. The van der Waals surface area contributed by atoms with Gasteiger partial charge in [0.15, 0.2) is 0 Å². The first-order valence-corrected chi connectivity index (χ1v) is 4.71. The van der Waals surface area contributed by atoms with Gasteiger partial charge in [0.05, 0.1) is 4.92 Å². The fourth-order valence-electron chi connectivity index (χ4n) is 1.96. The van der Waals surface area contributed by atoms with E-state index in [9.17, 15) is 14.9 Å². The number of rotatable bonds is 2. The highest BCUT2D eigenvalue weighted by molar-refractivity contribution is 5.81. The van der Waals surface area contributed by atoms with Gasteiger partial charge in [0, 0.05) is 25.0 Å². The number of carboxylic acid groups (broad SMARTS) is 1. The first kappa shape index (κ1) is 10.6. The average Bonchev–Trinajstić information content (AvgIpc) is 2.54. The molecule has 0 saturated heterocycles. The van der Waals surface area contributed by atoms with Crippen molar-refractivity contribution in [3.05, 3.63) is 39.4 Å². The molecular weight excluding hydrogens is 212 g/mol. The molecule has 0 bridgehead atoms. The van der Waals surface area contributed by atoms with Gasteiger partial charge in [-0.2, -0.15) is 0 Å². The maximum atomic E-state index is 11.0. The SMILES string of the molecule is NC1(C(=O)O)Cc2ccc([N+](=O)[O-])cc2C1. The van der Waals surface area contributed by atoms with Gasteiger partial charge in [0.2, 0.25) is 0 Å². The monoisotopic (exact) mass is 222 g/mol. The van der Waals surface area contributed by atoms with Crippen LogP contribution in [0.5, 0.6) is 0 Å². The molecule has 16 heavy (non-hydrogen) atoms. The van der Waals surface area contributed by atoms with E-state index in [1.165, 1.54) is 12.1 Å². The van der Waals surface area contributed by atoms with Crippen LogP contribution >= 0.6 is 0 Å². The summed E-state index contributed by atoms with van der Waals surface area (Å²) >= 11 is 0. The summed E-state index contributed by atoms with van der Waals surface area (Å²) in [7, 11) is 0. The average molecular weight is 222 g/mol. The van der Waals surface area contributed by atoms with Crippen LogP contribution in [0.25, 0.3) is 0 Å². The predicted molar refractivity (Wildman–Crippen MR) is 55.1 cm³/mol. The van der Waals surface area contributed by atoms with Crippen LogP contribution in [0.1, 0.15) is 11.1 Å². The Morgan fingerprint density at radius 2 is 2.06 bits per heavy atom. The molecular formula is C10H10N2O4. The molecule has 6 nitrogen and oxygen atoms in total. The molecule has 1 atom stereocenters. The quantitative estimate of drug-likeness (QED) is 0.559. The van der Waals surface area contributed by atoms with Gasteiger partial charge in [-0.05, 0) is 11.1 Å². The summed E-state index contributed by atoms with van der Waals surface area (Å²) in [5.41, 5.74) is 5.78. The van der Waals surface area contributed by atoms with Crippen LogP contribution in [0.15, 0.2) is 18.2 Å².